The van der Waals surface area contributed by atoms with Crippen molar-refractivity contribution in [2.45, 2.75) is 0 Å². The molecule has 10 heteroatoms. The van der Waals surface area contributed by atoms with Crippen molar-refractivity contribution in [1.29, 1.82) is 0 Å². The molecule has 0 saturated heterocycles. The number of hydrogen-bond acceptors (Lipinski definition) is 9. The largest absolute Gasteiger partial charge is 0.437 e. The zero-order chi connectivity index (χ0) is 40.4. The van der Waals surface area contributed by atoms with E-state index in [1.165, 1.54) is 10.6 Å². The van der Waals surface area contributed by atoms with E-state index in [2.05, 4.69) is 96.9 Å². The van der Waals surface area contributed by atoms with Crippen LogP contribution < -0.4 is 34.0 Å². The summed E-state index contributed by atoms with van der Waals surface area (Å²) in [5.41, 5.74) is 9.09. The average molecular weight is 740 g/mol. The number of rotatable bonds is 8. The minimum atomic E-state index is -2.31. The first kappa shape index (κ1) is 30.2. The fourth-order valence-electron chi connectivity index (χ4n) is 7.98. The molecule has 0 fully saturated rings. The highest BCUT2D eigenvalue weighted by Crippen LogP contribution is 2.47. The molecule has 0 saturated carbocycles. The van der Waals surface area contributed by atoms with Crippen molar-refractivity contribution in [3.63, 3.8) is 0 Å². The topological polar surface area (TPSA) is 65.4 Å². The Labute approximate surface area is 329 Å². The van der Waals surface area contributed by atoms with Gasteiger partial charge in [-0.15, -0.1) is 0 Å². The number of hydrogen-bond donors (Lipinski definition) is 0. The van der Waals surface area contributed by atoms with Crippen LogP contribution in [0, 0.1) is 0 Å². The first-order valence-corrected chi connectivity index (χ1v) is 18.5. The molecule has 5 aromatic carbocycles. The molecule has 5 heterocycles. The normalized spacial score (nSPS) is 14.4. The minimum absolute atomic E-state index is 0.176. The highest BCUT2D eigenvalue weighted by molar-refractivity contribution is 6.11. The predicted octanol–water partition coefficient (Wildman–Crippen LogP) is 10.3. The maximum Gasteiger partial charge on any atom is 0.219 e. The number of aromatic nitrogens is 3. The molecule has 10 rings (SSSR count). The van der Waals surface area contributed by atoms with Crippen molar-refractivity contribution in [3.8, 4) is 28.9 Å². The third-order valence-corrected chi connectivity index (χ3v) is 10.5. The van der Waals surface area contributed by atoms with Crippen LogP contribution in [0.5, 0.6) is 23.3 Å². The lowest BCUT2D eigenvalue weighted by atomic mass is 10.1. The molecule has 56 heavy (non-hydrogen) atoms. The molecule has 0 bridgehead atoms. The molecule has 0 radical (unpaired) electrons. The zero-order valence-electron chi connectivity index (χ0n) is 34.2. The summed E-state index contributed by atoms with van der Waals surface area (Å²) in [7, 11) is 6.01. The van der Waals surface area contributed by atoms with Crippen molar-refractivity contribution in [3.05, 3.63) is 146 Å². The van der Waals surface area contributed by atoms with Gasteiger partial charge in [0.15, 0.2) is 11.5 Å². The van der Waals surface area contributed by atoms with Gasteiger partial charge in [-0.25, -0.2) is 9.97 Å². The van der Waals surface area contributed by atoms with Gasteiger partial charge in [-0.1, -0.05) is 48.5 Å². The Morgan fingerprint density at radius 1 is 0.554 bits per heavy atom. The zero-order valence-corrected chi connectivity index (χ0v) is 31.2. The standard InChI is InChI=1S/C46H40N8O2/c1-49(2)46-42(55-44-17-9-11-23-47-44)27-33(28-43(46)56-45-18-10-12-24-48-45)54-40-25-31(52-29-50(3)36-13-5-7-15-38(36)52)19-21-34(40)35-22-20-32(26-41(35)54)53-30-51(4)37-14-6-8-16-39(37)53/h5-28H,29-30H2,1-4H3/i3D3. The number of ether oxygens (including phenoxy) is 2. The Morgan fingerprint density at radius 3 is 1.52 bits per heavy atom. The lowest BCUT2D eigenvalue weighted by Gasteiger charge is -2.23. The first-order valence-electron chi connectivity index (χ1n) is 20.0. The number of pyridine rings is 2. The number of para-hydroxylation sites is 4. The summed E-state index contributed by atoms with van der Waals surface area (Å²) in [6.45, 7) is -1.44. The SMILES string of the molecule is [2H]C([2H])([2H])N1CN(c2ccc3c4ccc(N5CN(C)c6ccccc65)cc4n(-c4cc(Oc5ccccn5)c(N(C)C)c(Oc5ccccn5)c4)c3c2)c2ccccc21. The van der Waals surface area contributed by atoms with Gasteiger partial charge >= 0.3 is 0 Å². The summed E-state index contributed by atoms with van der Waals surface area (Å²) in [4.78, 5) is 19.1. The van der Waals surface area contributed by atoms with Gasteiger partial charge in [-0.3, -0.25) is 0 Å². The van der Waals surface area contributed by atoms with Crippen molar-refractivity contribution in [2.24, 2.45) is 0 Å². The van der Waals surface area contributed by atoms with Gasteiger partial charge in [0, 0.05) is 91.0 Å². The van der Waals surface area contributed by atoms with Crippen LogP contribution in [-0.4, -0.2) is 56.0 Å². The Hall–Kier alpha value is -7.20. The van der Waals surface area contributed by atoms with Crippen molar-refractivity contribution >= 4 is 61.6 Å². The van der Waals surface area contributed by atoms with Gasteiger partial charge < -0.3 is 38.5 Å². The number of fused-ring (bicyclic) bond motifs is 5. The van der Waals surface area contributed by atoms with E-state index in [9.17, 15) is 0 Å². The van der Waals surface area contributed by atoms with E-state index in [-0.39, 0.29) is 6.67 Å². The lowest BCUT2D eigenvalue weighted by molar-refractivity contribution is 0.442. The average Bonchev–Trinajstić information content (AvgIpc) is 3.90. The molecule has 10 nitrogen and oxygen atoms in total. The number of benzene rings is 5. The molecule has 2 aliphatic rings. The molecule has 276 valence electrons. The van der Waals surface area contributed by atoms with E-state index < -0.39 is 6.98 Å². The highest BCUT2D eigenvalue weighted by atomic mass is 16.5. The molecule has 2 aliphatic heterocycles. The number of anilines is 7. The molecular formula is C46H40N8O2. The Morgan fingerprint density at radius 2 is 1.04 bits per heavy atom. The Kier molecular flexibility index (Phi) is 7.15. The van der Waals surface area contributed by atoms with Crippen LogP contribution in [0.2, 0.25) is 0 Å². The van der Waals surface area contributed by atoms with E-state index in [4.69, 9.17) is 13.6 Å². The molecule has 0 aliphatic carbocycles. The summed E-state index contributed by atoms with van der Waals surface area (Å²) >= 11 is 0. The van der Waals surface area contributed by atoms with Crippen molar-refractivity contribution in [2.75, 3.05) is 66.0 Å². The van der Waals surface area contributed by atoms with Crippen LogP contribution >= 0.6 is 0 Å². The van der Waals surface area contributed by atoms with E-state index >= 15 is 0 Å². The van der Waals surface area contributed by atoms with Crippen LogP contribution in [0.1, 0.15) is 4.11 Å². The van der Waals surface area contributed by atoms with E-state index in [0.29, 0.717) is 41.3 Å². The van der Waals surface area contributed by atoms with Gasteiger partial charge in [0.2, 0.25) is 11.8 Å². The minimum Gasteiger partial charge on any atom is -0.437 e. The molecule has 0 unspecified atom stereocenters. The molecule has 8 aromatic rings. The maximum atomic E-state index is 8.35. The molecule has 3 aromatic heterocycles. The fraction of sp³-hybridized carbons (Fsp3) is 0.130. The van der Waals surface area contributed by atoms with Crippen molar-refractivity contribution in [1.82, 2.24) is 14.5 Å². The summed E-state index contributed by atoms with van der Waals surface area (Å²) < 4.78 is 40.5. The summed E-state index contributed by atoms with van der Waals surface area (Å²) in [6, 6.07) is 44.3. The number of nitrogens with zero attached hydrogens (tertiary/aromatic N) is 8. The quantitative estimate of drug-likeness (QED) is 0.152. The molecule has 0 N–H and O–H groups in total. The van der Waals surface area contributed by atoms with Gasteiger partial charge in [0.25, 0.3) is 0 Å². The van der Waals surface area contributed by atoms with Crippen LogP contribution in [0.15, 0.2) is 146 Å². The molecular weight excluding hydrogens is 697 g/mol. The summed E-state index contributed by atoms with van der Waals surface area (Å²) in [6.07, 6.45) is 3.40. The second-order valence-electron chi connectivity index (χ2n) is 14.2. The van der Waals surface area contributed by atoms with Gasteiger partial charge in [-0.2, -0.15) is 0 Å². The maximum absolute atomic E-state index is 8.35. The smallest absolute Gasteiger partial charge is 0.219 e. The third-order valence-electron chi connectivity index (χ3n) is 10.5. The second kappa shape index (κ2) is 13.3. The van der Waals surface area contributed by atoms with E-state index in [1.54, 1.807) is 12.4 Å². The lowest BCUT2D eigenvalue weighted by Crippen LogP contribution is -2.24. The van der Waals surface area contributed by atoms with Crippen LogP contribution in [0.4, 0.5) is 39.8 Å². The second-order valence-corrected chi connectivity index (χ2v) is 14.2. The monoisotopic (exact) mass is 739 g/mol. The fourth-order valence-corrected chi connectivity index (χ4v) is 7.98. The van der Waals surface area contributed by atoms with E-state index in [0.717, 1.165) is 50.2 Å². The summed E-state index contributed by atoms with van der Waals surface area (Å²) in [5, 5.41) is 2.09. The van der Waals surface area contributed by atoms with E-state index in [1.807, 2.05) is 91.8 Å². The van der Waals surface area contributed by atoms with Gasteiger partial charge in [-0.05, 0) is 60.7 Å². The molecule has 0 spiro atoms. The Balaban J connectivity index is 1.23. The van der Waals surface area contributed by atoms with Crippen LogP contribution in [0.25, 0.3) is 27.5 Å². The van der Waals surface area contributed by atoms with Gasteiger partial charge in [0.1, 0.15) is 5.69 Å². The van der Waals surface area contributed by atoms with Crippen molar-refractivity contribution < 1.29 is 13.6 Å². The molecule has 0 atom stereocenters. The highest BCUT2D eigenvalue weighted by Gasteiger charge is 2.28. The predicted molar refractivity (Wildman–Crippen MR) is 227 cm³/mol. The Bertz CT molecular complexity index is 2800. The van der Waals surface area contributed by atoms with Gasteiger partial charge in [0.05, 0.1) is 52.8 Å². The summed E-state index contributed by atoms with van der Waals surface area (Å²) in [5.74, 6) is 1.95. The molecule has 0 amide bonds. The third kappa shape index (κ3) is 5.57. The first-order chi connectivity index (χ1) is 28.6. The van der Waals surface area contributed by atoms with Crippen LogP contribution in [-0.2, 0) is 0 Å². The van der Waals surface area contributed by atoms with Crippen LogP contribution in [0.3, 0.4) is 0 Å².